The van der Waals surface area contributed by atoms with Crippen molar-refractivity contribution in [1.29, 1.82) is 5.41 Å². The third-order valence-electron chi connectivity index (χ3n) is 1.33. The molecule has 1 aromatic rings. The van der Waals surface area contributed by atoms with E-state index in [1.807, 2.05) is 33.0 Å². The molecule has 0 amide bonds. The fourth-order valence-electron chi connectivity index (χ4n) is 0.851. The van der Waals surface area contributed by atoms with Gasteiger partial charge in [-0.3, -0.25) is 0 Å². The summed E-state index contributed by atoms with van der Waals surface area (Å²) in [5, 5.41) is 7.26. The van der Waals surface area contributed by atoms with Gasteiger partial charge in [-0.25, -0.2) is 0 Å². The summed E-state index contributed by atoms with van der Waals surface area (Å²) in [6.07, 6.45) is 3.54. The second-order valence-corrected chi connectivity index (χ2v) is 2.16. The maximum Gasteiger partial charge on any atom is 0.0618 e. The van der Waals surface area contributed by atoms with E-state index < -0.39 is 0 Å². The summed E-state index contributed by atoms with van der Waals surface area (Å²) >= 11 is 3.53. The Hall–Kier alpha value is -0.700. The fraction of sp³-hybridized carbons (Fsp3) is 0.500. The van der Waals surface area contributed by atoms with Gasteiger partial charge in [0.2, 0.25) is 0 Å². The molecule has 0 aliphatic rings. The third kappa shape index (κ3) is 5.53. The number of aromatic amines is 1. The third-order valence-corrected chi connectivity index (χ3v) is 1.33. The zero-order chi connectivity index (χ0) is 10.9. The van der Waals surface area contributed by atoms with E-state index in [2.05, 4.69) is 17.6 Å². The van der Waals surface area contributed by atoms with Crippen molar-refractivity contribution >= 4 is 18.3 Å². The van der Waals surface area contributed by atoms with Crippen LogP contribution in [0.1, 0.15) is 32.0 Å². The number of nitrogens with one attached hydrogen (secondary N) is 2. The molecule has 2 nitrogen and oxygen atoms in total. The lowest BCUT2D eigenvalue weighted by Crippen LogP contribution is -1.93. The van der Waals surface area contributed by atoms with Crippen LogP contribution < -0.4 is 0 Å². The normalized spacial score (nSPS) is 7.54. The summed E-state index contributed by atoms with van der Waals surface area (Å²) in [5.74, 6) is 0. The molecule has 0 radical (unpaired) electrons. The van der Waals surface area contributed by atoms with Crippen molar-refractivity contribution < 1.29 is 0 Å². The molecule has 0 unspecified atom stereocenters. The van der Waals surface area contributed by atoms with E-state index >= 15 is 0 Å². The topological polar surface area (TPSA) is 39.6 Å². The SMILES string of the molecule is CC.CC(=N)c1[nH]ccc1C.CS. The lowest BCUT2D eigenvalue weighted by atomic mass is 10.2. The molecule has 13 heavy (non-hydrogen) atoms. The van der Waals surface area contributed by atoms with E-state index in [-0.39, 0.29) is 0 Å². The average molecular weight is 200 g/mol. The van der Waals surface area contributed by atoms with Gasteiger partial charge in [-0.05, 0) is 31.7 Å². The lowest BCUT2D eigenvalue weighted by Gasteiger charge is -1.92. The minimum Gasteiger partial charge on any atom is -0.360 e. The molecule has 0 saturated heterocycles. The number of H-pyrrole nitrogens is 1. The molecular weight excluding hydrogens is 180 g/mol. The predicted octanol–water partition coefficient (Wildman–Crippen LogP) is 3.28. The number of hydrogen-bond donors (Lipinski definition) is 3. The van der Waals surface area contributed by atoms with E-state index in [0.29, 0.717) is 5.71 Å². The zero-order valence-electron chi connectivity index (χ0n) is 9.10. The van der Waals surface area contributed by atoms with E-state index in [1.54, 1.807) is 13.2 Å². The fourth-order valence-corrected chi connectivity index (χ4v) is 0.851. The Morgan fingerprint density at radius 3 is 2.00 bits per heavy atom. The Kier molecular flexibility index (Phi) is 10.7. The van der Waals surface area contributed by atoms with Gasteiger partial charge < -0.3 is 10.4 Å². The molecule has 2 N–H and O–H groups in total. The summed E-state index contributed by atoms with van der Waals surface area (Å²) in [7, 11) is 0. The van der Waals surface area contributed by atoms with E-state index in [1.165, 1.54) is 0 Å². The summed E-state index contributed by atoms with van der Waals surface area (Å²) in [5.41, 5.74) is 2.68. The van der Waals surface area contributed by atoms with Crippen LogP contribution in [-0.2, 0) is 0 Å². The van der Waals surface area contributed by atoms with Crippen molar-refractivity contribution in [2.24, 2.45) is 0 Å². The van der Waals surface area contributed by atoms with Gasteiger partial charge >= 0.3 is 0 Å². The number of hydrogen-bond acceptors (Lipinski definition) is 2. The van der Waals surface area contributed by atoms with Gasteiger partial charge in [-0.1, -0.05) is 13.8 Å². The highest BCUT2D eigenvalue weighted by atomic mass is 32.1. The lowest BCUT2D eigenvalue weighted by molar-refractivity contribution is 1.30. The van der Waals surface area contributed by atoms with Crippen molar-refractivity contribution in [3.8, 4) is 0 Å². The molecule has 0 saturated carbocycles. The Bertz CT molecular complexity index is 229. The summed E-state index contributed by atoms with van der Waals surface area (Å²) in [6, 6.07) is 1.97. The second-order valence-electron chi connectivity index (χ2n) is 2.16. The molecule has 1 heterocycles. The molecule has 0 bridgehead atoms. The van der Waals surface area contributed by atoms with Crippen LogP contribution in [0.3, 0.4) is 0 Å². The molecule has 0 atom stereocenters. The molecule has 0 fully saturated rings. The van der Waals surface area contributed by atoms with Crippen molar-refractivity contribution in [2.75, 3.05) is 6.26 Å². The van der Waals surface area contributed by atoms with Crippen LogP contribution in [0.5, 0.6) is 0 Å². The predicted molar refractivity (Wildman–Crippen MR) is 64.3 cm³/mol. The molecule has 0 aliphatic carbocycles. The first kappa shape index (κ1) is 14.8. The smallest absolute Gasteiger partial charge is 0.0618 e. The summed E-state index contributed by atoms with van der Waals surface area (Å²) < 4.78 is 0. The molecule has 76 valence electrons. The van der Waals surface area contributed by atoms with Crippen LogP contribution in [0, 0.1) is 12.3 Å². The maximum atomic E-state index is 7.26. The Balaban J connectivity index is 0. The van der Waals surface area contributed by atoms with Crippen molar-refractivity contribution in [2.45, 2.75) is 27.7 Å². The quantitative estimate of drug-likeness (QED) is 0.460. The van der Waals surface area contributed by atoms with E-state index in [0.717, 1.165) is 11.3 Å². The molecule has 3 heteroatoms. The molecule has 1 rings (SSSR count). The van der Waals surface area contributed by atoms with Crippen LogP contribution >= 0.6 is 12.6 Å². The van der Waals surface area contributed by atoms with Crippen LogP contribution in [0.25, 0.3) is 0 Å². The van der Waals surface area contributed by atoms with Gasteiger partial charge in [-0.15, -0.1) is 0 Å². The molecule has 1 aromatic heterocycles. The van der Waals surface area contributed by atoms with Crippen molar-refractivity contribution in [1.82, 2.24) is 4.98 Å². The van der Waals surface area contributed by atoms with Crippen molar-refractivity contribution in [3.05, 3.63) is 23.5 Å². The minimum absolute atomic E-state index is 0.595. The first-order chi connectivity index (χ1) is 6.22. The second kappa shape index (κ2) is 9.39. The van der Waals surface area contributed by atoms with Gasteiger partial charge in [0.15, 0.2) is 0 Å². The number of rotatable bonds is 1. The van der Waals surface area contributed by atoms with Gasteiger partial charge in [-0.2, -0.15) is 12.6 Å². The monoisotopic (exact) mass is 200 g/mol. The highest BCUT2D eigenvalue weighted by molar-refractivity contribution is 7.79. The first-order valence-electron chi connectivity index (χ1n) is 4.36. The Morgan fingerprint density at radius 1 is 1.38 bits per heavy atom. The molecule has 0 aliphatic heterocycles. The van der Waals surface area contributed by atoms with Crippen LogP contribution in [0.2, 0.25) is 0 Å². The maximum absolute atomic E-state index is 7.26. The van der Waals surface area contributed by atoms with Gasteiger partial charge in [0, 0.05) is 6.20 Å². The Labute approximate surface area is 86.7 Å². The highest BCUT2D eigenvalue weighted by Gasteiger charge is 1.97. The standard InChI is InChI=1S/C7H10N2.C2H6.CH4S/c1-5-3-4-9-7(5)6(2)8;2*1-2/h3-4,8-9H,1-2H3;1-2H3;2H,1H3. The van der Waals surface area contributed by atoms with Crippen molar-refractivity contribution in [3.63, 3.8) is 0 Å². The van der Waals surface area contributed by atoms with Crippen LogP contribution in [-0.4, -0.2) is 17.0 Å². The van der Waals surface area contributed by atoms with Crippen LogP contribution in [0.15, 0.2) is 12.3 Å². The summed E-state index contributed by atoms with van der Waals surface area (Å²) in [6.45, 7) is 7.77. The summed E-state index contributed by atoms with van der Waals surface area (Å²) in [4.78, 5) is 2.98. The first-order valence-corrected chi connectivity index (χ1v) is 5.25. The number of aryl methyl sites for hydroxylation is 1. The van der Waals surface area contributed by atoms with E-state index in [4.69, 9.17) is 5.41 Å². The number of thiol groups is 1. The highest BCUT2D eigenvalue weighted by Crippen LogP contribution is 2.03. The van der Waals surface area contributed by atoms with Gasteiger partial charge in [0.1, 0.15) is 0 Å². The van der Waals surface area contributed by atoms with E-state index in [9.17, 15) is 0 Å². The largest absolute Gasteiger partial charge is 0.360 e. The van der Waals surface area contributed by atoms with Gasteiger partial charge in [0.05, 0.1) is 11.4 Å². The molecule has 0 spiro atoms. The molecule has 0 aromatic carbocycles. The zero-order valence-corrected chi connectivity index (χ0v) is 10.00. The minimum atomic E-state index is 0.595. The molecular formula is C10H20N2S. The number of aromatic nitrogens is 1. The van der Waals surface area contributed by atoms with Crippen LogP contribution in [0.4, 0.5) is 0 Å². The Morgan fingerprint density at radius 2 is 1.85 bits per heavy atom. The average Bonchev–Trinajstić information content (AvgIpc) is 2.58. The van der Waals surface area contributed by atoms with Gasteiger partial charge in [0.25, 0.3) is 0 Å².